The Balaban J connectivity index is 1.81. The van der Waals surface area contributed by atoms with Crippen LogP contribution in [0.4, 0.5) is 4.79 Å². The quantitative estimate of drug-likeness (QED) is 0.680. The first kappa shape index (κ1) is 12.3. The zero-order valence-electron chi connectivity index (χ0n) is 9.33. The van der Waals surface area contributed by atoms with Gasteiger partial charge in [0.15, 0.2) is 0 Å². The summed E-state index contributed by atoms with van der Waals surface area (Å²) in [6.45, 7) is 0.220. The van der Waals surface area contributed by atoms with Crippen molar-refractivity contribution in [2.75, 3.05) is 0 Å². The van der Waals surface area contributed by atoms with E-state index in [9.17, 15) is 9.59 Å². The van der Waals surface area contributed by atoms with Crippen LogP contribution in [0.1, 0.15) is 15.4 Å². The van der Waals surface area contributed by atoms with Gasteiger partial charge in [0.2, 0.25) is 0 Å². The molecule has 0 aliphatic rings. The van der Waals surface area contributed by atoms with Gasteiger partial charge >= 0.3 is 12.1 Å². The molecule has 0 radical (unpaired) electrons. The maximum absolute atomic E-state index is 11.4. The van der Waals surface area contributed by atoms with Crippen molar-refractivity contribution in [3.63, 3.8) is 0 Å². The molecule has 1 amide bonds. The monoisotopic (exact) mass is 262 g/mol. The number of alkyl carbamates (subject to hydrolysis) is 1. The summed E-state index contributed by atoms with van der Waals surface area (Å²) in [4.78, 5) is 27.2. The van der Waals surface area contributed by atoms with Gasteiger partial charge in [0.1, 0.15) is 4.88 Å². The topological polar surface area (TPSA) is 68.3 Å². The number of pyridine rings is 1. The zero-order chi connectivity index (χ0) is 12.8. The predicted molar refractivity (Wildman–Crippen MR) is 66.2 cm³/mol. The Labute approximate surface area is 107 Å². The first-order valence-corrected chi connectivity index (χ1v) is 6.07. The van der Waals surface area contributed by atoms with Crippen molar-refractivity contribution < 1.29 is 14.3 Å². The Morgan fingerprint density at radius 2 is 2.17 bits per heavy atom. The van der Waals surface area contributed by atoms with Gasteiger partial charge in [-0.2, -0.15) is 0 Å². The number of hydrogen-bond donors (Lipinski definition) is 1. The second-order valence-electron chi connectivity index (χ2n) is 3.33. The summed E-state index contributed by atoms with van der Waals surface area (Å²) >= 11 is 1.22. The fourth-order valence-electron chi connectivity index (χ4n) is 1.23. The van der Waals surface area contributed by atoms with Gasteiger partial charge in [-0.15, -0.1) is 11.3 Å². The van der Waals surface area contributed by atoms with Crippen molar-refractivity contribution in [3.8, 4) is 0 Å². The average Bonchev–Trinajstić information content (AvgIpc) is 2.91. The molecule has 0 bridgehead atoms. The van der Waals surface area contributed by atoms with E-state index in [2.05, 4.69) is 15.0 Å². The van der Waals surface area contributed by atoms with Crippen molar-refractivity contribution in [1.82, 2.24) is 10.3 Å². The fraction of sp³-hybridized carbons (Fsp3) is 0.0833. The number of nitrogens with one attached hydrogen (secondary N) is 1. The lowest BCUT2D eigenvalue weighted by atomic mass is 10.3. The molecular weight excluding hydrogens is 252 g/mol. The van der Waals surface area contributed by atoms with E-state index in [1.807, 2.05) is 6.07 Å². The summed E-state index contributed by atoms with van der Waals surface area (Å²) in [6, 6.07) is 8.67. The summed E-state index contributed by atoms with van der Waals surface area (Å²) in [5.41, 5.74) is 0.693. The van der Waals surface area contributed by atoms with Crippen LogP contribution in [0.15, 0.2) is 41.9 Å². The summed E-state index contributed by atoms with van der Waals surface area (Å²) in [7, 11) is 0. The molecule has 0 saturated carbocycles. The summed E-state index contributed by atoms with van der Waals surface area (Å²) in [5.74, 6) is -0.650. The number of carbonyl (C=O) groups is 2. The van der Waals surface area contributed by atoms with Gasteiger partial charge in [0.05, 0.1) is 12.2 Å². The van der Waals surface area contributed by atoms with E-state index in [1.54, 1.807) is 35.8 Å². The lowest BCUT2D eigenvalue weighted by Gasteiger charge is -2.03. The van der Waals surface area contributed by atoms with Gasteiger partial charge in [-0.05, 0) is 23.6 Å². The van der Waals surface area contributed by atoms with Gasteiger partial charge in [-0.25, -0.2) is 9.59 Å². The first-order chi connectivity index (χ1) is 8.75. The molecule has 0 fully saturated rings. The maximum atomic E-state index is 11.4. The molecular formula is C12H10N2O3S. The van der Waals surface area contributed by atoms with Crippen LogP contribution in [0.2, 0.25) is 0 Å². The van der Waals surface area contributed by atoms with E-state index in [4.69, 9.17) is 0 Å². The number of rotatable bonds is 3. The molecule has 2 aromatic heterocycles. The molecule has 92 valence electrons. The SMILES string of the molecule is O=C(NCc1ccccn1)OC(=O)c1cccs1. The standard InChI is InChI=1S/C12H10N2O3S/c15-11(10-5-3-7-18-10)17-12(16)14-8-9-4-1-2-6-13-9/h1-7H,8H2,(H,14,16). The van der Waals surface area contributed by atoms with Crippen molar-refractivity contribution in [3.05, 3.63) is 52.5 Å². The minimum atomic E-state index is -0.779. The third-order valence-electron chi connectivity index (χ3n) is 2.05. The number of nitrogens with zero attached hydrogens (tertiary/aromatic N) is 1. The van der Waals surface area contributed by atoms with E-state index in [-0.39, 0.29) is 6.54 Å². The molecule has 0 aliphatic heterocycles. The molecule has 0 spiro atoms. The number of ether oxygens (including phenoxy) is 1. The molecule has 1 N–H and O–H groups in total. The van der Waals surface area contributed by atoms with Crippen LogP contribution in [0.25, 0.3) is 0 Å². The minimum Gasteiger partial charge on any atom is -0.372 e. The van der Waals surface area contributed by atoms with Gasteiger partial charge < -0.3 is 10.1 Å². The third-order valence-corrected chi connectivity index (χ3v) is 2.90. The highest BCUT2D eigenvalue weighted by molar-refractivity contribution is 7.12. The number of esters is 1. The molecule has 18 heavy (non-hydrogen) atoms. The van der Waals surface area contributed by atoms with Crippen LogP contribution in [0.5, 0.6) is 0 Å². The second kappa shape index (κ2) is 5.92. The third kappa shape index (κ3) is 3.39. The van der Waals surface area contributed by atoms with E-state index < -0.39 is 12.1 Å². The second-order valence-corrected chi connectivity index (χ2v) is 4.28. The largest absolute Gasteiger partial charge is 0.415 e. The molecule has 5 nitrogen and oxygen atoms in total. The highest BCUT2D eigenvalue weighted by atomic mass is 32.1. The number of hydrogen-bond acceptors (Lipinski definition) is 5. The molecule has 2 aromatic rings. The van der Waals surface area contributed by atoms with Crippen molar-refractivity contribution in [2.24, 2.45) is 0 Å². The van der Waals surface area contributed by atoms with Gasteiger partial charge in [-0.1, -0.05) is 12.1 Å². The van der Waals surface area contributed by atoms with E-state index in [1.165, 1.54) is 11.3 Å². The molecule has 2 rings (SSSR count). The van der Waals surface area contributed by atoms with Gasteiger partial charge in [-0.3, -0.25) is 4.98 Å². The Hall–Kier alpha value is -2.21. The average molecular weight is 262 g/mol. The van der Waals surface area contributed by atoms with Crippen molar-refractivity contribution in [1.29, 1.82) is 0 Å². The maximum Gasteiger partial charge on any atom is 0.415 e. The van der Waals surface area contributed by atoms with Crippen LogP contribution in [-0.4, -0.2) is 17.0 Å². The molecule has 0 unspecified atom stereocenters. The van der Waals surface area contributed by atoms with E-state index >= 15 is 0 Å². The Kier molecular flexibility index (Phi) is 4.03. The predicted octanol–water partition coefficient (Wildman–Crippen LogP) is 2.21. The zero-order valence-corrected chi connectivity index (χ0v) is 10.1. The van der Waals surface area contributed by atoms with Crippen LogP contribution in [-0.2, 0) is 11.3 Å². The minimum absolute atomic E-state index is 0.220. The van der Waals surface area contributed by atoms with Gasteiger partial charge in [0.25, 0.3) is 0 Å². The van der Waals surface area contributed by atoms with Crippen LogP contribution in [0, 0.1) is 0 Å². The summed E-state index contributed by atoms with van der Waals surface area (Å²) in [6.07, 6.45) is 0.846. The number of amides is 1. The number of thiophene rings is 1. The Morgan fingerprint density at radius 1 is 1.28 bits per heavy atom. The Morgan fingerprint density at radius 3 is 2.83 bits per heavy atom. The number of aromatic nitrogens is 1. The van der Waals surface area contributed by atoms with Crippen molar-refractivity contribution in [2.45, 2.75) is 6.54 Å². The first-order valence-electron chi connectivity index (χ1n) is 5.19. The summed E-state index contributed by atoms with van der Waals surface area (Å²) in [5, 5.41) is 4.19. The van der Waals surface area contributed by atoms with E-state index in [0.717, 1.165) is 0 Å². The highest BCUT2D eigenvalue weighted by Gasteiger charge is 2.13. The van der Waals surface area contributed by atoms with Crippen LogP contribution < -0.4 is 5.32 Å². The van der Waals surface area contributed by atoms with Crippen LogP contribution >= 0.6 is 11.3 Å². The fourth-order valence-corrected chi connectivity index (χ4v) is 1.83. The van der Waals surface area contributed by atoms with Gasteiger partial charge in [0, 0.05) is 6.20 Å². The Bertz CT molecular complexity index is 526. The van der Waals surface area contributed by atoms with Crippen molar-refractivity contribution >= 4 is 23.4 Å². The lowest BCUT2D eigenvalue weighted by molar-refractivity contribution is 0.0626. The normalized spacial score (nSPS) is 9.78. The lowest BCUT2D eigenvalue weighted by Crippen LogP contribution is -2.26. The highest BCUT2D eigenvalue weighted by Crippen LogP contribution is 2.09. The molecule has 6 heteroatoms. The van der Waals surface area contributed by atoms with E-state index in [0.29, 0.717) is 10.6 Å². The smallest absolute Gasteiger partial charge is 0.372 e. The molecule has 0 saturated heterocycles. The number of carbonyl (C=O) groups excluding carboxylic acids is 2. The molecule has 0 aliphatic carbocycles. The van der Waals surface area contributed by atoms with Crippen LogP contribution in [0.3, 0.4) is 0 Å². The molecule has 0 aromatic carbocycles. The summed E-state index contributed by atoms with van der Waals surface area (Å²) < 4.78 is 4.61. The molecule has 2 heterocycles. The molecule has 0 atom stereocenters.